The van der Waals surface area contributed by atoms with E-state index in [0.29, 0.717) is 11.5 Å². The second-order valence-electron chi connectivity index (χ2n) is 8.79. The Hall–Kier alpha value is -3.31. The van der Waals surface area contributed by atoms with Crippen molar-refractivity contribution in [2.45, 2.75) is 30.9 Å². The van der Waals surface area contributed by atoms with Crippen LogP contribution < -0.4 is 9.47 Å². The molecule has 11 heteroatoms. The lowest BCUT2D eigenvalue weighted by atomic mass is 9.76. The maximum atomic E-state index is 14.2. The molecule has 1 saturated heterocycles. The van der Waals surface area contributed by atoms with Gasteiger partial charge in [-0.2, -0.15) is 13.2 Å². The van der Waals surface area contributed by atoms with Crippen LogP contribution in [0.4, 0.5) is 13.2 Å². The van der Waals surface area contributed by atoms with Gasteiger partial charge in [-0.05, 0) is 23.3 Å². The molecule has 0 spiro atoms. The van der Waals surface area contributed by atoms with E-state index in [1.54, 1.807) is 12.1 Å². The number of fused-ring (bicyclic) bond motifs is 6. The number of halogens is 3. The summed E-state index contributed by atoms with van der Waals surface area (Å²) in [6.45, 7) is 0.863. The number of ether oxygens (including phenoxy) is 6. The summed E-state index contributed by atoms with van der Waals surface area (Å²) >= 11 is 0. The molecule has 2 aromatic carbocycles. The van der Waals surface area contributed by atoms with Crippen molar-refractivity contribution in [2.24, 2.45) is 11.8 Å². The first-order chi connectivity index (χ1) is 17.2. The minimum absolute atomic E-state index is 0.0556. The van der Waals surface area contributed by atoms with Crippen LogP contribution in [0.2, 0.25) is 0 Å². The highest BCUT2D eigenvalue weighted by Crippen LogP contribution is 2.59. The predicted octanol–water partition coefficient (Wildman–Crippen LogP) is 3.98. The second-order valence-corrected chi connectivity index (χ2v) is 8.79. The normalized spacial score (nSPS) is 25.2. The highest BCUT2D eigenvalue weighted by Gasteiger charge is 2.64. The summed E-state index contributed by atoms with van der Waals surface area (Å²) < 4.78 is 75.1. The first-order valence-electron chi connectivity index (χ1n) is 11.2. The topological polar surface area (TPSA) is 89.5 Å². The fraction of sp³-hybridized carbons (Fsp3) is 0.440. The molecule has 3 heterocycles. The number of esters is 2. The van der Waals surface area contributed by atoms with Crippen molar-refractivity contribution in [1.82, 2.24) is 0 Å². The number of hydrogen-bond acceptors (Lipinski definition) is 8. The Kier molecular flexibility index (Phi) is 6.08. The minimum atomic E-state index is -5.09. The first kappa shape index (κ1) is 24.4. The van der Waals surface area contributed by atoms with E-state index in [1.165, 1.54) is 25.1 Å². The van der Waals surface area contributed by atoms with Gasteiger partial charge in [0.25, 0.3) is 5.60 Å². The molecule has 5 atom stereocenters. The number of hydrogen-bond donors (Lipinski definition) is 0. The van der Waals surface area contributed by atoms with E-state index >= 15 is 0 Å². The van der Waals surface area contributed by atoms with Gasteiger partial charge < -0.3 is 28.4 Å². The maximum absolute atomic E-state index is 14.2. The zero-order valence-corrected chi connectivity index (χ0v) is 19.4. The Morgan fingerprint density at radius 2 is 1.50 bits per heavy atom. The van der Waals surface area contributed by atoms with Crippen molar-refractivity contribution in [3.63, 3.8) is 0 Å². The van der Waals surface area contributed by atoms with E-state index in [9.17, 15) is 22.8 Å². The molecule has 0 unspecified atom stereocenters. The zero-order chi connectivity index (χ0) is 25.7. The number of benzene rings is 2. The molecule has 0 amide bonds. The smallest absolute Gasteiger partial charge is 0.432 e. The summed E-state index contributed by atoms with van der Waals surface area (Å²) in [7, 11) is 0.810. The number of carbonyl (C=O) groups excluding carboxylic acids is 2. The van der Waals surface area contributed by atoms with Crippen LogP contribution in [0, 0.1) is 11.8 Å². The molecular weight excluding hydrogens is 485 g/mol. The summed E-state index contributed by atoms with van der Waals surface area (Å²) in [5.41, 5.74) is -2.12. The number of methoxy groups -OCH3 is 1. The number of carbonyl (C=O) groups is 2. The quantitative estimate of drug-likeness (QED) is 0.519. The fourth-order valence-corrected chi connectivity index (χ4v) is 5.18. The van der Waals surface area contributed by atoms with E-state index in [4.69, 9.17) is 28.4 Å². The van der Waals surface area contributed by atoms with E-state index in [-0.39, 0.29) is 13.4 Å². The van der Waals surface area contributed by atoms with Crippen LogP contribution in [0.5, 0.6) is 11.5 Å². The van der Waals surface area contributed by atoms with Gasteiger partial charge in [0.15, 0.2) is 11.5 Å². The van der Waals surface area contributed by atoms with Crippen LogP contribution in [0.15, 0.2) is 42.5 Å². The van der Waals surface area contributed by atoms with Crippen molar-refractivity contribution >= 4 is 11.9 Å². The molecule has 2 bridgehead atoms. The van der Waals surface area contributed by atoms with Gasteiger partial charge in [-0.25, -0.2) is 4.79 Å². The third-order valence-corrected chi connectivity index (χ3v) is 6.87. The van der Waals surface area contributed by atoms with Gasteiger partial charge in [-0.1, -0.05) is 30.3 Å². The monoisotopic (exact) mass is 508 g/mol. The molecule has 2 aromatic rings. The van der Waals surface area contributed by atoms with Crippen LogP contribution in [0.1, 0.15) is 35.8 Å². The van der Waals surface area contributed by atoms with Crippen molar-refractivity contribution in [3.8, 4) is 11.5 Å². The molecule has 0 N–H and O–H groups in total. The summed E-state index contributed by atoms with van der Waals surface area (Å²) in [6, 6.07) is 10.1. The molecule has 3 aliphatic rings. The van der Waals surface area contributed by atoms with Crippen LogP contribution in [0.3, 0.4) is 0 Å². The van der Waals surface area contributed by atoms with Gasteiger partial charge in [0.2, 0.25) is 6.79 Å². The van der Waals surface area contributed by atoms with Crippen LogP contribution in [0.25, 0.3) is 0 Å². The fourth-order valence-electron chi connectivity index (χ4n) is 5.18. The van der Waals surface area contributed by atoms with Gasteiger partial charge in [0.05, 0.1) is 25.4 Å². The Morgan fingerprint density at radius 3 is 2.00 bits per heavy atom. The van der Waals surface area contributed by atoms with Crippen molar-refractivity contribution < 1.29 is 51.2 Å². The van der Waals surface area contributed by atoms with Gasteiger partial charge in [-0.15, -0.1) is 0 Å². The highest BCUT2D eigenvalue weighted by molar-refractivity contribution is 5.82. The van der Waals surface area contributed by atoms with Crippen molar-refractivity contribution in [2.75, 3.05) is 27.1 Å². The van der Waals surface area contributed by atoms with E-state index < -0.39 is 59.9 Å². The van der Waals surface area contributed by atoms with Gasteiger partial charge in [0.1, 0.15) is 0 Å². The largest absolute Gasteiger partial charge is 0.465 e. The standard InChI is InChI=1S/C25H23F3O8/c1-13(29)32-10-17-18(22-16-9-20-19(34-12-35-20)8-15(16)21(17)36-22)11-33-23(30)24(31-2,25(26,27)28)14-6-4-3-5-7-14/h3-9,17-18,21-22H,10-12H2,1-2H3/t17-,18+,21-,22+,24+/m1/s1. The molecule has 0 aromatic heterocycles. The molecule has 36 heavy (non-hydrogen) atoms. The third kappa shape index (κ3) is 3.77. The molecule has 0 radical (unpaired) electrons. The third-order valence-electron chi connectivity index (χ3n) is 6.87. The maximum Gasteiger partial charge on any atom is 0.432 e. The Bertz CT molecular complexity index is 1170. The van der Waals surface area contributed by atoms with Crippen LogP contribution in [-0.2, 0) is 34.1 Å². The number of alkyl halides is 3. The first-order valence-corrected chi connectivity index (χ1v) is 11.2. The lowest BCUT2D eigenvalue weighted by Crippen LogP contribution is -2.52. The molecule has 5 rings (SSSR count). The van der Waals surface area contributed by atoms with Crippen LogP contribution >= 0.6 is 0 Å². The van der Waals surface area contributed by atoms with Crippen LogP contribution in [-0.4, -0.2) is 45.2 Å². The predicted molar refractivity (Wildman–Crippen MR) is 115 cm³/mol. The van der Waals surface area contributed by atoms with E-state index in [1.807, 2.05) is 0 Å². The van der Waals surface area contributed by atoms with E-state index in [2.05, 4.69) is 0 Å². The molecule has 8 nitrogen and oxygen atoms in total. The van der Waals surface area contributed by atoms with Gasteiger partial charge >= 0.3 is 18.1 Å². The van der Waals surface area contributed by atoms with Crippen molar-refractivity contribution in [3.05, 3.63) is 59.2 Å². The molecule has 3 aliphatic heterocycles. The minimum Gasteiger partial charge on any atom is -0.465 e. The lowest BCUT2D eigenvalue weighted by molar-refractivity contribution is -0.277. The number of rotatable bonds is 7. The Morgan fingerprint density at radius 1 is 0.944 bits per heavy atom. The molecule has 0 aliphatic carbocycles. The molecule has 0 saturated carbocycles. The van der Waals surface area contributed by atoms with Gasteiger partial charge in [0, 0.05) is 31.4 Å². The average molecular weight is 508 g/mol. The summed E-state index contributed by atoms with van der Waals surface area (Å²) in [4.78, 5) is 24.5. The lowest BCUT2D eigenvalue weighted by Gasteiger charge is -2.34. The zero-order valence-electron chi connectivity index (χ0n) is 19.4. The second kappa shape index (κ2) is 8.97. The summed E-state index contributed by atoms with van der Waals surface area (Å²) in [6.07, 6.45) is -6.22. The highest BCUT2D eigenvalue weighted by atomic mass is 19.4. The Balaban J connectivity index is 1.43. The van der Waals surface area contributed by atoms with Gasteiger partial charge in [-0.3, -0.25) is 4.79 Å². The molecule has 1 fully saturated rings. The molecular formula is C25H23F3O8. The SMILES string of the molecule is CO[C@](C(=O)OC[C@H]1[C@@H](COC(C)=O)[C@@H]2O[C@H]1c1cc3c(cc12)OCO3)(c1ccccc1)C(F)(F)F. The summed E-state index contributed by atoms with van der Waals surface area (Å²) in [5, 5.41) is 0. The molecule has 192 valence electrons. The average Bonchev–Trinajstić information content (AvgIpc) is 3.54. The van der Waals surface area contributed by atoms with Crippen molar-refractivity contribution in [1.29, 1.82) is 0 Å². The summed E-state index contributed by atoms with van der Waals surface area (Å²) in [5.74, 6) is -2.07. The van der Waals surface area contributed by atoms with E-state index in [0.717, 1.165) is 30.4 Å². The Labute approximate surface area is 204 Å².